The number of thiocarbonyl (C=S) groups is 1. The minimum Gasteiger partial charge on any atom is -0.465 e. The number of nitrogens with one attached hydrogen (secondary N) is 1. The topological polar surface area (TPSA) is 80.6 Å². The zero-order valence-electron chi connectivity index (χ0n) is 19.5. The number of para-hydroxylation sites is 1. The Labute approximate surface area is 212 Å². The molecule has 0 radical (unpaired) electrons. The molecule has 0 aliphatic carbocycles. The molecule has 1 aliphatic rings. The smallest absolute Gasteiger partial charge is 0.337 e. The third-order valence-corrected chi connectivity index (χ3v) is 6.44. The predicted octanol–water partition coefficient (Wildman–Crippen LogP) is 4.67. The van der Waals surface area contributed by atoms with E-state index in [0.717, 1.165) is 22.6 Å². The van der Waals surface area contributed by atoms with E-state index in [0.29, 0.717) is 21.8 Å². The fourth-order valence-corrected chi connectivity index (χ4v) is 4.56. The molecule has 1 N–H and O–H groups in total. The normalized spacial score (nSPS) is 14.9. The first kappa shape index (κ1) is 24.4. The monoisotopic (exact) mass is 507 g/mol. The number of hydrogen-bond acceptors (Lipinski definition) is 5. The number of methoxy groups -OCH3 is 1. The molecule has 1 aliphatic heterocycles. The molecule has 2 heterocycles. The van der Waals surface area contributed by atoms with Gasteiger partial charge in [-0.15, -0.1) is 0 Å². The van der Waals surface area contributed by atoms with Gasteiger partial charge in [0.2, 0.25) is 0 Å². The molecule has 2 amide bonds. The molecule has 0 bridgehead atoms. The number of halogens is 1. The highest BCUT2D eigenvalue weighted by Gasteiger charge is 2.35. The van der Waals surface area contributed by atoms with E-state index in [-0.39, 0.29) is 10.7 Å². The van der Waals surface area contributed by atoms with E-state index < -0.39 is 17.8 Å². The summed E-state index contributed by atoms with van der Waals surface area (Å²) < 4.78 is 6.82. The van der Waals surface area contributed by atoms with Crippen molar-refractivity contribution in [3.63, 3.8) is 0 Å². The van der Waals surface area contributed by atoms with Crippen molar-refractivity contribution in [2.45, 2.75) is 20.8 Å². The molecule has 0 saturated carbocycles. The van der Waals surface area contributed by atoms with Crippen LogP contribution in [-0.4, -0.2) is 34.6 Å². The van der Waals surface area contributed by atoms with Gasteiger partial charge < -0.3 is 9.30 Å². The summed E-state index contributed by atoms with van der Waals surface area (Å²) >= 11 is 11.5. The van der Waals surface area contributed by atoms with Gasteiger partial charge in [-0.05, 0) is 80.5 Å². The Kier molecular flexibility index (Phi) is 6.60. The summed E-state index contributed by atoms with van der Waals surface area (Å²) in [6, 6.07) is 14.0. The molecule has 9 heteroatoms. The van der Waals surface area contributed by atoms with Gasteiger partial charge >= 0.3 is 5.97 Å². The Balaban J connectivity index is 1.80. The molecule has 1 aromatic heterocycles. The first-order valence-electron chi connectivity index (χ1n) is 10.7. The summed E-state index contributed by atoms with van der Waals surface area (Å²) in [5.74, 6) is -1.59. The second kappa shape index (κ2) is 9.48. The second-order valence-corrected chi connectivity index (χ2v) is 8.86. The number of esters is 1. The Morgan fingerprint density at radius 1 is 1.06 bits per heavy atom. The lowest BCUT2D eigenvalue weighted by molar-refractivity contribution is -0.122. The molecular weight excluding hydrogens is 486 g/mol. The number of hydrogen-bond donors (Lipinski definition) is 1. The standard InChI is InChI=1S/C26H22ClN3O4S/c1-14-9-10-17(25(33)34-4)13-22(14)29-15(2)11-18(16(29)3)12-19-23(31)28-26(35)30(24(19)32)21-8-6-5-7-20(21)27/h5-13H,1-4H3,(H,28,31,35)/b19-12+. The number of benzene rings is 2. The highest BCUT2D eigenvalue weighted by Crippen LogP contribution is 2.30. The van der Waals surface area contributed by atoms with Gasteiger partial charge in [0.25, 0.3) is 11.8 Å². The molecule has 35 heavy (non-hydrogen) atoms. The average Bonchev–Trinajstić information content (AvgIpc) is 3.10. The van der Waals surface area contributed by atoms with Gasteiger partial charge in [-0.2, -0.15) is 0 Å². The molecule has 1 fully saturated rings. The summed E-state index contributed by atoms with van der Waals surface area (Å²) in [4.78, 5) is 39.4. The van der Waals surface area contributed by atoms with E-state index in [2.05, 4.69) is 5.32 Å². The third-order valence-electron chi connectivity index (χ3n) is 5.84. The van der Waals surface area contributed by atoms with Crippen LogP contribution in [0.1, 0.15) is 32.9 Å². The summed E-state index contributed by atoms with van der Waals surface area (Å²) in [5, 5.41) is 2.87. The number of carbonyl (C=O) groups excluding carboxylic acids is 3. The first-order valence-corrected chi connectivity index (χ1v) is 11.5. The van der Waals surface area contributed by atoms with E-state index in [9.17, 15) is 14.4 Å². The molecular formula is C26H22ClN3O4S. The number of aryl methyl sites for hydroxylation is 2. The van der Waals surface area contributed by atoms with Gasteiger partial charge in [0.05, 0.1) is 23.4 Å². The highest BCUT2D eigenvalue weighted by molar-refractivity contribution is 7.80. The van der Waals surface area contributed by atoms with Crippen LogP contribution in [0.2, 0.25) is 5.02 Å². The average molecular weight is 508 g/mol. The van der Waals surface area contributed by atoms with Crippen LogP contribution in [0.15, 0.2) is 54.1 Å². The number of amides is 2. The largest absolute Gasteiger partial charge is 0.465 e. The van der Waals surface area contributed by atoms with Crippen LogP contribution in [0, 0.1) is 20.8 Å². The summed E-state index contributed by atoms with van der Waals surface area (Å²) in [5.41, 5.74) is 4.81. The van der Waals surface area contributed by atoms with E-state index in [4.69, 9.17) is 28.6 Å². The maximum atomic E-state index is 13.4. The first-order chi connectivity index (χ1) is 16.6. The van der Waals surface area contributed by atoms with Crippen molar-refractivity contribution in [2.75, 3.05) is 12.0 Å². The number of rotatable bonds is 4. The van der Waals surface area contributed by atoms with Crippen molar-refractivity contribution in [1.29, 1.82) is 0 Å². The second-order valence-electron chi connectivity index (χ2n) is 8.06. The van der Waals surface area contributed by atoms with E-state index in [1.165, 1.54) is 12.0 Å². The van der Waals surface area contributed by atoms with Crippen LogP contribution in [0.5, 0.6) is 0 Å². The molecule has 0 unspecified atom stereocenters. The Morgan fingerprint density at radius 2 is 1.77 bits per heavy atom. The minimum atomic E-state index is -0.586. The van der Waals surface area contributed by atoms with Crippen LogP contribution < -0.4 is 10.2 Å². The third kappa shape index (κ3) is 4.38. The highest BCUT2D eigenvalue weighted by atomic mass is 35.5. The van der Waals surface area contributed by atoms with E-state index in [1.807, 2.05) is 37.5 Å². The predicted molar refractivity (Wildman–Crippen MR) is 139 cm³/mol. The van der Waals surface area contributed by atoms with Crippen LogP contribution in [0.3, 0.4) is 0 Å². The molecule has 4 rings (SSSR count). The molecule has 0 atom stereocenters. The van der Waals surface area contributed by atoms with Gasteiger partial charge in [0.1, 0.15) is 5.57 Å². The Bertz CT molecular complexity index is 1440. The molecule has 2 aromatic carbocycles. The van der Waals surface area contributed by atoms with Crippen molar-refractivity contribution < 1.29 is 19.1 Å². The Morgan fingerprint density at radius 3 is 2.46 bits per heavy atom. The lowest BCUT2D eigenvalue weighted by atomic mass is 10.1. The van der Waals surface area contributed by atoms with Gasteiger partial charge in [0, 0.05) is 17.1 Å². The maximum absolute atomic E-state index is 13.4. The van der Waals surface area contributed by atoms with Crippen molar-refractivity contribution in [2.24, 2.45) is 0 Å². The molecule has 178 valence electrons. The van der Waals surface area contributed by atoms with Crippen molar-refractivity contribution in [3.8, 4) is 5.69 Å². The number of nitrogens with zero attached hydrogens (tertiary/aromatic N) is 2. The fraction of sp³-hybridized carbons (Fsp3) is 0.154. The van der Waals surface area contributed by atoms with Gasteiger partial charge in [0.15, 0.2) is 5.11 Å². The quantitative estimate of drug-likeness (QED) is 0.240. The van der Waals surface area contributed by atoms with E-state index in [1.54, 1.807) is 42.5 Å². The summed E-state index contributed by atoms with van der Waals surface area (Å²) in [6.07, 6.45) is 1.54. The number of carbonyl (C=O) groups is 3. The van der Waals surface area contributed by atoms with Crippen LogP contribution in [0.4, 0.5) is 5.69 Å². The van der Waals surface area contributed by atoms with Gasteiger partial charge in [-0.3, -0.25) is 19.8 Å². The van der Waals surface area contributed by atoms with Gasteiger partial charge in [-0.1, -0.05) is 29.8 Å². The molecule has 0 spiro atoms. The molecule has 1 saturated heterocycles. The fourth-order valence-electron chi connectivity index (χ4n) is 4.06. The number of anilines is 1. The van der Waals surface area contributed by atoms with Crippen LogP contribution in [-0.2, 0) is 14.3 Å². The zero-order valence-corrected chi connectivity index (χ0v) is 21.1. The lowest BCUT2D eigenvalue weighted by Gasteiger charge is -2.29. The van der Waals surface area contributed by atoms with Gasteiger partial charge in [-0.25, -0.2) is 4.79 Å². The van der Waals surface area contributed by atoms with Crippen molar-refractivity contribution >= 4 is 58.5 Å². The number of ether oxygens (including phenoxy) is 1. The summed E-state index contributed by atoms with van der Waals surface area (Å²) in [6.45, 7) is 5.73. The van der Waals surface area contributed by atoms with E-state index >= 15 is 0 Å². The lowest BCUT2D eigenvalue weighted by Crippen LogP contribution is -2.54. The number of aromatic nitrogens is 1. The van der Waals surface area contributed by atoms with Crippen LogP contribution in [0.25, 0.3) is 11.8 Å². The molecule has 3 aromatic rings. The zero-order chi connectivity index (χ0) is 25.4. The van der Waals surface area contributed by atoms with Crippen LogP contribution >= 0.6 is 23.8 Å². The maximum Gasteiger partial charge on any atom is 0.337 e. The van der Waals surface area contributed by atoms with Crippen molar-refractivity contribution in [1.82, 2.24) is 9.88 Å². The van der Waals surface area contributed by atoms with Crippen molar-refractivity contribution in [3.05, 3.63) is 87.2 Å². The SMILES string of the molecule is COC(=O)c1ccc(C)c(-n2c(C)cc(/C=C3\C(=O)NC(=S)N(c4ccccc4Cl)C3=O)c2C)c1. The Hall–Kier alpha value is -3.75. The summed E-state index contributed by atoms with van der Waals surface area (Å²) in [7, 11) is 1.34. The molecule has 7 nitrogen and oxygen atoms in total. The minimum absolute atomic E-state index is 0.0361.